The van der Waals surface area contributed by atoms with Crippen molar-refractivity contribution in [3.05, 3.63) is 58.0 Å². The van der Waals surface area contributed by atoms with Crippen molar-refractivity contribution < 1.29 is 8.42 Å². The summed E-state index contributed by atoms with van der Waals surface area (Å²) in [6.07, 6.45) is 4.16. The lowest BCUT2D eigenvalue weighted by Crippen LogP contribution is -2.32. The van der Waals surface area contributed by atoms with Crippen LogP contribution in [0, 0.1) is 0 Å². The van der Waals surface area contributed by atoms with Gasteiger partial charge in [0.1, 0.15) is 0 Å². The molecule has 0 aliphatic heterocycles. The van der Waals surface area contributed by atoms with Crippen LogP contribution >= 0.6 is 0 Å². The Morgan fingerprint density at radius 3 is 2.52 bits per heavy atom. The molecule has 6 nitrogen and oxygen atoms in total. The van der Waals surface area contributed by atoms with Crippen LogP contribution in [-0.2, 0) is 23.0 Å². The molecular formula is C18H23N3O3S. The van der Waals surface area contributed by atoms with Gasteiger partial charge in [0.05, 0.1) is 17.1 Å². The zero-order valence-corrected chi connectivity index (χ0v) is 15.1. The Hall–Kier alpha value is -1.99. The second-order valence-electron chi connectivity index (χ2n) is 6.39. The van der Waals surface area contributed by atoms with Crippen LogP contribution < -0.4 is 10.3 Å². The molecule has 1 fully saturated rings. The van der Waals surface area contributed by atoms with Crippen LogP contribution in [0.5, 0.6) is 0 Å². The van der Waals surface area contributed by atoms with Crippen LogP contribution in [0.4, 0.5) is 0 Å². The molecule has 3 rings (SSSR count). The minimum Gasteiger partial charge on any atom is -0.268 e. The SMILES string of the molecule is CCCc1ccc(S(=O)(=O)NCCn2nc(C3CC3)ccc2=O)cc1. The van der Waals surface area contributed by atoms with E-state index in [-0.39, 0.29) is 23.5 Å². The van der Waals surface area contributed by atoms with E-state index in [1.165, 1.54) is 10.7 Å². The quantitative estimate of drug-likeness (QED) is 0.780. The molecule has 1 heterocycles. The van der Waals surface area contributed by atoms with Gasteiger partial charge in [-0.05, 0) is 43.0 Å². The number of hydrogen-bond donors (Lipinski definition) is 1. The summed E-state index contributed by atoms with van der Waals surface area (Å²) in [7, 11) is -3.58. The van der Waals surface area contributed by atoms with Gasteiger partial charge in [0.2, 0.25) is 10.0 Å². The number of hydrogen-bond acceptors (Lipinski definition) is 4. The number of rotatable bonds is 8. The molecule has 1 N–H and O–H groups in total. The molecule has 1 aromatic heterocycles. The highest BCUT2D eigenvalue weighted by Gasteiger charge is 2.25. The molecule has 0 radical (unpaired) electrons. The molecule has 0 atom stereocenters. The fraction of sp³-hybridized carbons (Fsp3) is 0.444. The van der Waals surface area contributed by atoms with Gasteiger partial charge in [-0.25, -0.2) is 17.8 Å². The van der Waals surface area contributed by atoms with Gasteiger partial charge in [-0.1, -0.05) is 25.5 Å². The van der Waals surface area contributed by atoms with Crippen LogP contribution in [0.2, 0.25) is 0 Å². The summed E-state index contributed by atoms with van der Waals surface area (Å²) in [4.78, 5) is 12.1. The summed E-state index contributed by atoms with van der Waals surface area (Å²) in [6.45, 7) is 2.42. The van der Waals surface area contributed by atoms with Crippen molar-refractivity contribution in [2.45, 2.75) is 50.0 Å². The third-order valence-corrected chi connectivity index (χ3v) is 5.75. The molecule has 0 saturated heterocycles. The Morgan fingerprint density at radius 1 is 1.16 bits per heavy atom. The summed E-state index contributed by atoms with van der Waals surface area (Å²) in [5.41, 5.74) is 1.82. The Kier molecular flexibility index (Phi) is 5.34. The second-order valence-corrected chi connectivity index (χ2v) is 8.15. The largest absolute Gasteiger partial charge is 0.268 e. The van der Waals surface area contributed by atoms with Gasteiger partial charge >= 0.3 is 0 Å². The monoisotopic (exact) mass is 361 g/mol. The molecular weight excluding hydrogens is 338 g/mol. The standard InChI is InChI=1S/C18H23N3O3S/c1-2-3-14-4-8-16(9-5-14)25(23,24)19-12-13-21-18(22)11-10-17(20-21)15-6-7-15/h4-5,8-11,15,19H,2-3,6-7,12-13H2,1H3. The average molecular weight is 361 g/mol. The topological polar surface area (TPSA) is 81.1 Å². The molecule has 134 valence electrons. The van der Waals surface area contributed by atoms with E-state index >= 15 is 0 Å². The first-order chi connectivity index (χ1) is 12.0. The first kappa shape index (κ1) is 17.8. The molecule has 1 aromatic carbocycles. The zero-order valence-electron chi connectivity index (χ0n) is 14.3. The highest BCUT2D eigenvalue weighted by atomic mass is 32.2. The first-order valence-electron chi connectivity index (χ1n) is 8.66. The van der Waals surface area contributed by atoms with Crippen molar-refractivity contribution in [1.82, 2.24) is 14.5 Å². The second kappa shape index (κ2) is 7.49. The van der Waals surface area contributed by atoms with Crippen molar-refractivity contribution in [2.24, 2.45) is 0 Å². The molecule has 0 spiro atoms. The van der Waals surface area contributed by atoms with Crippen molar-refractivity contribution in [3.63, 3.8) is 0 Å². The maximum absolute atomic E-state index is 12.3. The van der Waals surface area contributed by atoms with E-state index in [0.717, 1.165) is 36.9 Å². The smallest absolute Gasteiger partial charge is 0.266 e. The zero-order chi connectivity index (χ0) is 17.9. The van der Waals surface area contributed by atoms with Crippen molar-refractivity contribution >= 4 is 10.0 Å². The predicted molar refractivity (Wildman–Crippen MR) is 96.1 cm³/mol. The number of aryl methyl sites for hydroxylation is 1. The highest BCUT2D eigenvalue weighted by molar-refractivity contribution is 7.89. The van der Waals surface area contributed by atoms with Crippen molar-refractivity contribution in [1.29, 1.82) is 0 Å². The van der Waals surface area contributed by atoms with E-state index in [0.29, 0.717) is 5.92 Å². The Morgan fingerprint density at radius 2 is 1.88 bits per heavy atom. The number of sulfonamides is 1. The van der Waals surface area contributed by atoms with Gasteiger partial charge < -0.3 is 0 Å². The van der Waals surface area contributed by atoms with Gasteiger partial charge in [-0.3, -0.25) is 4.79 Å². The van der Waals surface area contributed by atoms with Crippen molar-refractivity contribution in [2.75, 3.05) is 6.54 Å². The van der Waals surface area contributed by atoms with Gasteiger partial charge in [-0.15, -0.1) is 0 Å². The molecule has 0 bridgehead atoms. The van der Waals surface area contributed by atoms with Gasteiger partial charge in [-0.2, -0.15) is 5.10 Å². The summed E-state index contributed by atoms with van der Waals surface area (Å²) in [6, 6.07) is 10.2. The lowest BCUT2D eigenvalue weighted by Gasteiger charge is -2.09. The molecule has 1 aliphatic rings. The molecule has 25 heavy (non-hydrogen) atoms. The van der Waals surface area contributed by atoms with E-state index in [1.807, 2.05) is 12.1 Å². The van der Waals surface area contributed by atoms with Gasteiger partial charge in [0, 0.05) is 18.5 Å². The summed E-state index contributed by atoms with van der Waals surface area (Å²) < 4.78 is 28.6. The Bertz CT molecular complexity index is 885. The minimum atomic E-state index is -3.58. The van der Waals surface area contributed by atoms with Crippen LogP contribution in [0.3, 0.4) is 0 Å². The molecule has 1 aliphatic carbocycles. The maximum Gasteiger partial charge on any atom is 0.266 e. The van der Waals surface area contributed by atoms with Gasteiger partial charge in [0.25, 0.3) is 5.56 Å². The van der Waals surface area contributed by atoms with E-state index in [4.69, 9.17) is 0 Å². The number of nitrogens with one attached hydrogen (secondary N) is 1. The molecule has 2 aromatic rings. The molecule has 0 unspecified atom stereocenters. The lowest BCUT2D eigenvalue weighted by molar-refractivity contribution is 0.540. The van der Waals surface area contributed by atoms with Crippen LogP contribution in [0.25, 0.3) is 0 Å². The van der Waals surface area contributed by atoms with Gasteiger partial charge in [0.15, 0.2) is 0 Å². The van der Waals surface area contributed by atoms with E-state index in [1.54, 1.807) is 18.2 Å². The lowest BCUT2D eigenvalue weighted by atomic mass is 10.1. The number of aromatic nitrogens is 2. The summed E-state index contributed by atoms with van der Waals surface area (Å²) >= 11 is 0. The van der Waals surface area contributed by atoms with Crippen molar-refractivity contribution in [3.8, 4) is 0 Å². The van der Waals surface area contributed by atoms with Crippen LogP contribution in [0.1, 0.15) is 43.4 Å². The number of nitrogens with zero attached hydrogens (tertiary/aromatic N) is 2. The highest BCUT2D eigenvalue weighted by Crippen LogP contribution is 2.38. The molecule has 0 amide bonds. The van der Waals surface area contributed by atoms with Crippen LogP contribution in [0.15, 0.2) is 46.1 Å². The summed E-state index contributed by atoms with van der Waals surface area (Å²) in [5.74, 6) is 0.449. The normalized spacial score (nSPS) is 14.6. The van der Waals surface area contributed by atoms with E-state index < -0.39 is 10.0 Å². The fourth-order valence-electron chi connectivity index (χ4n) is 2.71. The van der Waals surface area contributed by atoms with Crippen LogP contribution in [-0.4, -0.2) is 24.7 Å². The maximum atomic E-state index is 12.3. The third-order valence-electron chi connectivity index (χ3n) is 4.27. The Balaban J connectivity index is 1.62. The van der Waals surface area contributed by atoms with E-state index in [9.17, 15) is 13.2 Å². The third kappa shape index (κ3) is 4.55. The average Bonchev–Trinajstić information content (AvgIpc) is 3.42. The molecule has 1 saturated carbocycles. The predicted octanol–water partition coefficient (Wildman–Crippen LogP) is 2.05. The fourth-order valence-corrected chi connectivity index (χ4v) is 3.74. The molecule has 7 heteroatoms. The summed E-state index contributed by atoms with van der Waals surface area (Å²) in [5, 5.41) is 4.33. The first-order valence-corrected chi connectivity index (χ1v) is 10.1. The Labute approximate surface area is 147 Å². The number of benzene rings is 1. The van der Waals surface area contributed by atoms with E-state index in [2.05, 4.69) is 16.7 Å². The minimum absolute atomic E-state index is 0.125.